The zero-order valence-corrected chi connectivity index (χ0v) is 15.3. The van der Waals surface area contributed by atoms with Crippen LogP contribution in [0.1, 0.15) is 32.1 Å². The molecular weight excluding hydrogens is 356 g/mol. The zero-order valence-electron chi connectivity index (χ0n) is 13.6. The number of guanidine groups is 1. The van der Waals surface area contributed by atoms with E-state index < -0.39 is 16.1 Å². The fraction of sp³-hybridized carbons (Fsp3) is 0.769. The Morgan fingerprint density at radius 3 is 2.75 bits per heavy atom. The number of unbranched alkanes of at least 4 members (excludes halogenated alkanes) is 1. The molecule has 0 saturated carbocycles. The molecule has 1 amide bonds. The first-order valence-electron chi connectivity index (χ1n) is 7.48. The van der Waals surface area contributed by atoms with Gasteiger partial charge >= 0.3 is 0 Å². The van der Waals surface area contributed by atoms with Crippen LogP contribution in [0.5, 0.6) is 0 Å². The van der Waals surface area contributed by atoms with E-state index in [0.29, 0.717) is 38.8 Å². The number of sulfonamides is 1. The van der Waals surface area contributed by atoms with Crippen LogP contribution in [-0.2, 0) is 14.8 Å². The molecule has 11 heteroatoms. The van der Waals surface area contributed by atoms with Gasteiger partial charge in [-0.05, 0) is 32.1 Å². The second-order valence-corrected chi connectivity index (χ2v) is 7.31. The lowest BCUT2D eigenvalue weighted by Crippen LogP contribution is -2.45. The molecule has 2 atom stereocenters. The molecule has 9 nitrogen and oxygen atoms in total. The number of nitrogens with zero attached hydrogens (tertiary/aromatic N) is 3. The van der Waals surface area contributed by atoms with Gasteiger partial charge in [0.2, 0.25) is 21.9 Å². The van der Waals surface area contributed by atoms with E-state index in [1.165, 1.54) is 0 Å². The molecule has 0 aromatic heterocycles. The van der Waals surface area contributed by atoms with Crippen LogP contribution in [0, 0.1) is 11.3 Å². The molecule has 1 aliphatic rings. The summed E-state index contributed by atoms with van der Waals surface area (Å²) in [5, 5.41) is 8.99. The van der Waals surface area contributed by atoms with Crippen molar-refractivity contribution in [3.05, 3.63) is 0 Å². The van der Waals surface area contributed by atoms with Gasteiger partial charge in [0.1, 0.15) is 6.04 Å². The van der Waals surface area contributed by atoms with Crippen LogP contribution in [0.4, 0.5) is 0 Å². The molecule has 0 aromatic carbocycles. The first kappa shape index (κ1) is 22.4. The molecule has 1 rings (SSSR count). The minimum absolute atomic E-state index is 0. The highest BCUT2D eigenvalue weighted by Gasteiger charge is 2.31. The molecular formula is C13H25ClN6O3S. The van der Waals surface area contributed by atoms with E-state index in [1.54, 1.807) is 4.90 Å². The smallest absolute Gasteiger partial charge is 0.240 e. The Hall–Kier alpha value is -1.57. The maximum atomic E-state index is 12.2. The maximum Gasteiger partial charge on any atom is 0.240 e. The van der Waals surface area contributed by atoms with E-state index in [2.05, 4.69) is 15.8 Å². The van der Waals surface area contributed by atoms with Gasteiger partial charge in [-0.25, -0.2) is 8.42 Å². The van der Waals surface area contributed by atoms with Gasteiger partial charge in [-0.2, -0.15) is 5.26 Å². The van der Waals surface area contributed by atoms with Crippen molar-refractivity contribution in [3.8, 4) is 6.07 Å². The molecule has 0 aliphatic carbocycles. The van der Waals surface area contributed by atoms with Gasteiger partial charge in [0.05, 0.1) is 18.4 Å². The fourth-order valence-electron chi connectivity index (χ4n) is 2.40. The normalized spacial score (nSPS) is 19.3. The standard InChI is InChI=1S/C13H24N6O3S.ClH/c1-23(21,22)18-13(16)17-7-3-2-6-11(15)12(20)19-8-4-5-10(19)9-14;/h10-11H,2-8,15H2,1H3,(H3,16,17,18);1H/t10-,11-;/m0./s1. The minimum atomic E-state index is -3.41. The second-order valence-electron chi connectivity index (χ2n) is 5.56. The van der Waals surface area contributed by atoms with Crippen molar-refractivity contribution >= 4 is 34.3 Å². The van der Waals surface area contributed by atoms with Crippen molar-refractivity contribution in [2.45, 2.75) is 44.2 Å². The van der Waals surface area contributed by atoms with Gasteiger partial charge < -0.3 is 16.4 Å². The first-order chi connectivity index (χ1) is 10.7. The lowest BCUT2D eigenvalue weighted by molar-refractivity contribution is -0.132. The summed E-state index contributed by atoms with van der Waals surface area (Å²) in [4.78, 5) is 17.6. The number of nitrogens with one attached hydrogen (secondary N) is 1. The predicted molar refractivity (Wildman–Crippen MR) is 93.9 cm³/mol. The molecule has 1 saturated heterocycles. The molecule has 138 valence electrons. The van der Waals surface area contributed by atoms with Crippen LogP contribution >= 0.6 is 12.4 Å². The van der Waals surface area contributed by atoms with Gasteiger partial charge in [-0.15, -0.1) is 12.4 Å². The van der Waals surface area contributed by atoms with E-state index in [1.807, 2.05) is 0 Å². The highest BCUT2D eigenvalue weighted by molar-refractivity contribution is 7.89. The van der Waals surface area contributed by atoms with Crippen molar-refractivity contribution in [1.82, 2.24) is 9.62 Å². The van der Waals surface area contributed by atoms with Crippen LogP contribution in [0.3, 0.4) is 0 Å². The molecule has 24 heavy (non-hydrogen) atoms. The Labute approximate surface area is 148 Å². The van der Waals surface area contributed by atoms with Gasteiger partial charge in [0.25, 0.3) is 0 Å². The van der Waals surface area contributed by atoms with Gasteiger partial charge in [0.15, 0.2) is 0 Å². The third kappa shape index (κ3) is 7.81. The van der Waals surface area contributed by atoms with Gasteiger partial charge in [0, 0.05) is 13.1 Å². The Morgan fingerprint density at radius 2 is 2.17 bits per heavy atom. The quantitative estimate of drug-likeness (QED) is 0.301. The summed E-state index contributed by atoms with van der Waals surface area (Å²) in [6.45, 7) is 0.933. The number of amides is 1. The number of carbonyl (C=O) groups excluding carboxylic acids is 1. The summed E-state index contributed by atoms with van der Waals surface area (Å²) in [6, 6.07) is 1.13. The number of carbonyl (C=O) groups is 1. The lowest BCUT2D eigenvalue weighted by Gasteiger charge is -2.23. The van der Waals surface area contributed by atoms with Crippen molar-refractivity contribution in [1.29, 1.82) is 5.26 Å². The second kappa shape index (κ2) is 10.3. The summed E-state index contributed by atoms with van der Waals surface area (Å²) >= 11 is 0. The third-order valence-corrected chi connectivity index (χ3v) is 4.08. The van der Waals surface area contributed by atoms with Crippen molar-refractivity contribution in [3.63, 3.8) is 0 Å². The average molecular weight is 381 g/mol. The summed E-state index contributed by atoms with van der Waals surface area (Å²) in [6.07, 6.45) is 4.31. The highest BCUT2D eigenvalue weighted by Crippen LogP contribution is 2.18. The first-order valence-corrected chi connectivity index (χ1v) is 9.37. The van der Waals surface area contributed by atoms with Gasteiger partial charge in [-0.1, -0.05) is 0 Å². The molecule has 1 fully saturated rings. The molecule has 1 heterocycles. The van der Waals surface area contributed by atoms with E-state index >= 15 is 0 Å². The van der Waals surface area contributed by atoms with Crippen LogP contribution in [0.15, 0.2) is 4.99 Å². The Morgan fingerprint density at radius 1 is 1.50 bits per heavy atom. The summed E-state index contributed by atoms with van der Waals surface area (Å²) < 4.78 is 23.9. The molecule has 0 radical (unpaired) electrons. The van der Waals surface area contributed by atoms with Crippen LogP contribution in [-0.4, -0.2) is 56.6 Å². The van der Waals surface area contributed by atoms with Gasteiger partial charge in [-0.3, -0.25) is 14.5 Å². The number of halogens is 1. The number of hydrogen-bond acceptors (Lipinski definition) is 6. The van der Waals surface area contributed by atoms with Crippen molar-refractivity contribution in [2.24, 2.45) is 16.5 Å². The molecule has 5 N–H and O–H groups in total. The summed E-state index contributed by atoms with van der Waals surface area (Å²) in [7, 11) is -3.41. The minimum Gasteiger partial charge on any atom is -0.369 e. The number of aliphatic imine (C=N–C) groups is 1. The number of rotatable bonds is 7. The third-order valence-electron chi connectivity index (χ3n) is 3.50. The maximum absolute atomic E-state index is 12.2. The summed E-state index contributed by atoms with van der Waals surface area (Å²) in [5.74, 6) is -0.336. The number of nitriles is 1. The molecule has 0 aromatic rings. The number of likely N-dealkylation sites (tertiary alicyclic amines) is 1. The van der Waals surface area contributed by atoms with E-state index in [4.69, 9.17) is 16.7 Å². The topological polar surface area (TPSA) is 155 Å². The number of nitrogens with two attached hydrogens (primary N) is 2. The predicted octanol–water partition coefficient (Wildman–Crippen LogP) is -0.716. The van der Waals surface area contributed by atoms with Crippen LogP contribution < -0.4 is 16.2 Å². The Kier molecular flexibility index (Phi) is 9.65. The Balaban J connectivity index is 0.00000529. The SMILES string of the molecule is CS(=O)(=O)NC(N)=NCCCC[C@H](N)C(=O)N1CCC[C@H]1C#N.Cl. The van der Waals surface area contributed by atoms with Crippen LogP contribution in [0.2, 0.25) is 0 Å². The zero-order chi connectivity index (χ0) is 17.5. The van der Waals surface area contributed by atoms with E-state index in [9.17, 15) is 13.2 Å². The molecule has 0 bridgehead atoms. The van der Waals surface area contributed by atoms with Crippen LogP contribution in [0.25, 0.3) is 0 Å². The van der Waals surface area contributed by atoms with E-state index in [0.717, 1.165) is 12.7 Å². The number of hydrogen-bond donors (Lipinski definition) is 3. The fourth-order valence-corrected chi connectivity index (χ4v) is 2.84. The molecule has 0 unspecified atom stereocenters. The van der Waals surface area contributed by atoms with E-state index in [-0.39, 0.29) is 30.3 Å². The van der Waals surface area contributed by atoms with Crippen molar-refractivity contribution in [2.75, 3.05) is 19.3 Å². The monoisotopic (exact) mass is 380 g/mol. The largest absolute Gasteiger partial charge is 0.369 e. The van der Waals surface area contributed by atoms with Crippen molar-refractivity contribution < 1.29 is 13.2 Å². The lowest BCUT2D eigenvalue weighted by atomic mass is 10.1. The average Bonchev–Trinajstić information content (AvgIpc) is 2.92. The molecule has 1 aliphatic heterocycles. The molecule has 0 spiro atoms. The highest BCUT2D eigenvalue weighted by atomic mass is 35.5. The Bertz CT molecular complexity index is 589. The summed E-state index contributed by atoms with van der Waals surface area (Å²) in [5.41, 5.74) is 11.3.